The maximum Gasteiger partial charge on any atom is 0.309 e. The monoisotopic (exact) mass is 587 g/mol. The van der Waals surface area contributed by atoms with Gasteiger partial charge in [0, 0.05) is 55.9 Å². The van der Waals surface area contributed by atoms with E-state index < -0.39 is 0 Å². The fourth-order valence-corrected chi connectivity index (χ4v) is 6.52. The number of piperidine rings is 1. The average molecular weight is 588 g/mol. The molecule has 0 bridgehead atoms. The smallest absolute Gasteiger partial charge is 0.309 e. The van der Waals surface area contributed by atoms with Crippen LogP contribution in [-0.2, 0) is 16.1 Å². The largest absolute Gasteiger partial charge is 0.508 e. The van der Waals surface area contributed by atoms with Crippen LogP contribution in [0.15, 0.2) is 72.8 Å². The highest BCUT2D eigenvalue weighted by Crippen LogP contribution is 2.35. The summed E-state index contributed by atoms with van der Waals surface area (Å²) >= 11 is 0. The molecule has 2 saturated heterocycles. The molecule has 228 valence electrons. The first-order valence-corrected chi connectivity index (χ1v) is 15.3. The topological polar surface area (TPSA) is 73.3 Å². The average Bonchev–Trinajstić information content (AvgIpc) is 3.01. The molecule has 2 heterocycles. The van der Waals surface area contributed by atoms with Gasteiger partial charge in [-0.05, 0) is 75.1 Å². The van der Waals surface area contributed by atoms with Crippen LogP contribution in [-0.4, -0.2) is 76.6 Å². The Bertz CT molecular complexity index is 1420. The first-order chi connectivity index (χ1) is 20.7. The van der Waals surface area contributed by atoms with Gasteiger partial charge in [0.15, 0.2) is 0 Å². The van der Waals surface area contributed by atoms with Gasteiger partial charge in [-0.15, -0.1) is 0 Å². The van der Waals surface area contributed by atoms with E-state index in [1.807, 2.05) is 53.4 Å². The number of hydrogen-bond acceptors (Lipinski definition) is 6. The molecule has 2 aliphatic rings. The molecule has 1 amide bonds. The van der Waals surface area contributed by atoms with Gasteiger partial charge >= 0.3 is 5.97 Å². The lowest BCUT2D eigenvalue weighted by atomic mass is 9.91. The number of halogens is 1. The standard InChI is InChI=1S/C35H42FN3O4/c1-4-43-35(42)26-15-17-37(18-16-26)34(41)29-12-7-10-27(19-29)33(28-11-8-13-31(40)20-28)39-22-24(2)38(21-25(39)3)23-30-9-5-6-14-32(30)36/h5-14,19-20,24-26,33,40H,4,15-18,21-23H2,1-3H3/t24-,25-,33?/m1/s1. The predicted molar refractivity (Wildman–Crippen MR) is 164 cm³/mol. The third kappa shape index (κ3) is 7.08. The van der Waals surface area contributed by atoms with Gasteiger partial charge in [-0.3, -0.25) is 19.4 Å². The van der Waals surface area contributed by atoms with E-state index in [0.29, 0.717) is 50.2 Å². The molecule has 1 unspecified atom stereocenters. The first kappa shape index (κ1) is 30.7. The van der Waals surface area contributed by atoms with Crippen LogP contribution in [0.3, 0.4) is 0 Å². The van der Waals surface area contributed by atoms with Crippen molar-refractivity contribution in [3.8, 4) is 5.75 Å². The zero-order valence-corrected chi connectivity index (χ0v) is 25.3. The Kier molecular flexibility index (Phi) is 9.78. The summed E-state index contributed by atoms with van der Waals surface area (Å²) in [6.45, 7) is 9.57. The lowest BCUT2D eigenvalue weighted by Gasteiger charge is -2.47. The molecule has 2 fully saturated rings. The maximum atomic E-state index is 14.5. The zero-order valence-electron chi connectivity index (χ0n) is 25.3. The van der Waals surface area contributed by atoms with E-state index in [1.165, 1.54) is 6.07 Å². The van der Waals surface area contributed by atoms with Crippen LogP contribution in [0.1, 0.15) is 66.7 Å². The van der Waals surface area contributed by atoms with Crippen molar-refractivity contribution < 1.29 is 23.8 Å². The second-order valence-corrected chi connectivity index (χ2v) is 11.9. The van der Waals surface area contributed by atoms with Crippen molar-refractivity contribution in [1.82, 2.24) is 14.7 Å². The van der Waals surface area contributed by atoms with E-state index in [9.17, 15) is 19.1 Å². The molecule has 3 aromatic carbocycles. The zero-order chi connectivity index (χ0) is 30.5. The summed E-state index contributed by atoms with van der Waals surface area (Å²) in [5, 5.41) is 10.4. The Labute approximate surface area is 253 Å². The molecule has 0 saturated carbocycles. The van der Waals surface area contributed by atoms with Gasteiger partial charge < -0.3 is 14.7 Å². The summed E-state index contributed by atoms with van der Waals surface area (Å²) in [7, 11) is 0. The van der Waals surface area contributed by atoms with Crippen LogP contribution in [0.5, 0.6) is 5.75 Å². The number of phenols is 1. The van der Waals surface area contributed by atoms with E-state index in [-0.39, 0.29) is 47.5 Å². The number of esters is 1. The van der Waals surface area contributed by atoms with Gasteiger partial charge in [0.05, 0.1) is 18.6 Å². The van der Waals surface area contributed by atoms with Gasteiger partial charge in [-0.25, -0.2) is 4.39 Å². The summed E-state index contributed by atoms with van der Waals surface area (Å²) in [4.78, 5) is 32.4. The number of aromatic hydroxyl groups is 1. The second-order valence-electron chi connectivity index (χ2n) is 11.9. The fraction of sp³-hybridized carbons (Fsp3) is 0.429. The molecule has 2 aliphatic heterocycles. The molecule has 8 heteroatoms. The van der Waals surface area contributed by atoms with Gasteiger partial charge in [-0.2, -0.15) is 0 Å². The lowest BCUT2D eigenvalue weighted by Crippen LogP contribution is -2.56. The first-order valence-electron chi connectivity index (χ1n) is 15.3. The van der Waals surface area contributed by atoms with E-state index >= 15 is 0 Å². The third-order valence-electron chi connectivity index (χ3n) is 8.86. The SMILES string of the molecule is CCOC(=O)C1CCN(C(=O)c2cccc(C(c3cccc(O)c3)N3C[C@@H](C)N(Cc4ccccc4F)C[C@H]3C)c2)CC1. The molecule has 1 N–H and O–H groups in total. The van der Waals surface area contributed by atoms with Crippen molar-refractivity contribution in [2.24, 2.45) is 5.92 Å². The number of piperazine rings is 1. The molecule has 5 rings (SSSR count). The third-order valence-corrected chi connectivity index (χ3v) is 8.86. The van der Waals surface area contributed by atoms with Crippen LogP contribution in [0, 0.1) is 11.7 Å². The molecule has 7 nitrogen and oxygen atoms in total. The van der Waals surface area contributed by atoms with Crippen molar-refractivity contribution in [3.05, 3.63) is 101 Å². The molecule has 3 aromatic rings. The number of carbonyl (C=O) groups excluding carboxylic acids is 2. The molecule has 3 atom stereocenters. The summed E-state index contributed by atoms with van der Waals surface area (Å²) in [5.74, 6) is -0.379. The Balaban J connectivity index is 1.38. The second kappa shape index (κ2) is 13.7. The van der Waals surface area contributed by atoms with Gasteiger partial charge in [0.1, 0.15) is 11.6 Å². The van der Waals surface area contributed by atoms with Crippen molar-refractivity contribution in [3.63, 3.8) is 0 Å². The summed E-state index contributed by atoms with van der Waals surface area (Å²) in [6, 6.07) is 22.1. The Hall–Kier alpha value is -3.75. The summed E-state index contributed by atoms with van der Waals surface area (Å²) in [5.41, 5.74) is 3.22. The minimum Gasteiger partial charge on any atom is -0.508 e. The highest BCUT2D eigenvalue weighted by molar-refractivity contribution is 5.94. The molecular weight excluding hydrogens is 545 g/mol. The van der Waals surface area contributed by atoms with Crippen molar-refractivity contribution in [1.29, 1.82) is 0 Å². The molecule has 0 spiro atoms. The molecule has 0 aliphatic carbocycles. The fourth-order valence-electron chi connectivity index (χ4n) is 6.52. The Morgan fingerprint density at radius 1 is 0.930 bits per heavy atom. The van der Waals surface area contributed by atoms with Gasteiger partial charge in [-0.1, -0.05) is 42.5 Å². The minimum atomic E-state index is -0.192. The number of likely N-dealkylation sites (tertiary alicyclic amines) is 1. The minimum absolute atomic E-state index is 0.0464. The van der Waals surface area contributed by atoms with Crippen LogP contribution in [0.4, 0.5) is 4.39 Å². The number of benzene rings is 3. The molecule has 43 heavy (non-hydrogen) atoms. The van der Waals surface area contributed by atoms with Crippen molar-refractivity contribution in [2.45, 2.75) is 58.3 Å². The van der Waals surface area contributed by atoms with Gasteiger partial charge in [0.25, 0.3) is 5.91 Å². The summed E-state index contributed by atoms with van der Waals surface area (Å²) in [6.07, 6.45) is 1.20. The number of carbonyl (C=O) groups is 2. The van der Waals surface area contributed by atoms with Crippen molar-refractivity contribution >= 4 is 11.9 Å². The lowest BCUT2D eigenvalue weighted by molar-refractivity contribution is -0.149. The normalized spacial score (nSPS) is 21.0. The molecule has 0 radical (unpaired) electrons. The van der Waals surface area contributed by atoms with Crippen molar-refractivity contribution in [2.75, 3.05) is 32.8 Å². The molecular formula is C35H42FN3O4. The van der Waals surface area contributed by atoms with Crippen LogP contribution in [0.2, 0.25) is 0 Å². The highest BCUT2D eigenvalue weighted by atomic mass is 19.1. The number of amides is 1. The number of nitrogens with zero attached hydrogens (tertiary/aromatic N) is 3. The number of ether oxygens (including phenoxy) is 1. The number of phenolic OH excluding ortho intramolecular Hbond substituents is 1. The van der Waals surface area contributed by atoms with Crippen LogP contribution >= 0.6 is 0 Å². The highest BCUT2D eigenvalue weighted by Gasteiger charge is 2.36. The Morgan fingerprint density at radius 2 is 1.63 bits per heavy atom. The maximum absolute atomic E-state index is 14.5. The van der Waals surface area contributed by atoms with Gasteiger partial charge in [0.2, 0.25) is 0 Å². The van der Waals surface area contributed by atoms with E-state index in [1.54, 1.807) is 25.1 Å². The summed E-state index contributed by atoms with van der Waals surface area (Å²) < 4.78 is 19.7. The van der Waals surface area contributed by atoms with E-state index in [2.05, 4.69) is 23.6 Å². The van der Waals surface area contributed by atoms with E-state index in [4.69, 9.17) is 4.74 Å². The van der Waals surface area contributed by atoms with Crippen LogP contribution < -0.4 is 0 Å². The predicted octanol–water partition coefficient (Wildman–Crippen LogP) is 5.63. The quantitative estimate of drug-likeness (QED) is 0.345. The number of hydrogen-bond donors (Lipinski definition) is 1. The molecule has 0 aromatic heterocycles. The Morgan fingerprint density at radius 3 is 2.33 bits per heavy atom. The van der Waals surface area contributed by atoms with E-state index in [0.717, 1.165) is 24.2 Å². The van der Waals surface area contributed by atoms with Crippen LogP contribution in [0.25, 0.3) is 0 Å². The number of rotatable bonds is 8.